The van der Waals surface area contributed by atoms with Gasteiger partial charge >= 0.3 is 0 Å². The lowest BCUT2D eigenvalue weighted by Crippen LogP contribution is -2.07. The van der Waals surface area contributed by atoms with Gasteiger partial charge < -0.3 is 5.32 Å². The predicted octanol–water partition coefficient (Wildman–Crippen LogP) is 5.89. The van der Waals surface area contributed by atoms with Crippen LogP contribution in [0.4, 0.5) is 21.5 Å². The molecule has 1 N–H and O–H groups in total. The Morgan fingerprint density at radius 3 is 2.08 bits per heavy atom. The third-order valence-corrected chi connectivity index (χ3v) is 3.47. The second kappa shape index (κ2) is 8.48. The van der Waals surface area contributed by atoms with Crippen LogP contribution >= 0.6 is 0 Å². The number of anilines is 1. The lowest BCUT2D eigenvalue weighted by molar-refractivity contribution is -0.111. The highest BCUT2D eigenvalue weighted by Crippen LogP contribution is 2.20. The van der Waals surface area contributed by atoms with Crippen molar-refractivity contribution in [3.05, 3.63) is 96.3 Å². The second-order valence-corrected chi connectivity index (χ2v) is 5.46. The number of rotatable bonds is 5. The summed E-state index contributed by atoms with van der Waals surface area (Å²) in [5.74, 6) is -0.580. The minimum Gasteiger partial charge on any atom is -0.323 e. The van der Waals surface area contributed by atoms with Crippen molar-refractivity contribution >= 4 is 29.0 Å². The number of hydrogen-bond donors (Lipinski definition) is 1. The zero-order valence-electron chi connectivity index (χ0n) is 13.8. The lowest BCUT2D eigenvalue weighted by atomic mass is 10.2. The van der Waals surface area contributed by atoms with Crippen LogP contribution in [0, 0.1) is 5.82 Å². The fourth-order valence-corrected chi connectivity index (χ4v) is 2.15. The maximum Gasteiger partial charge on any atom is 0.248 e. The highest BCUT2D eigenvalue weighted by atomic mass is 19.1. The van der Waals surface area contributed by atoms with Gasteiger partial charge in [-0.25, -0.2) is 4.39 Å². The van der Waals surface area contributed by atoms with Crippen molar-refractivity contribution in [2.45, 2.75) is 0 Å². The van der Waals surface area contributed by atoms with Crippen molar-refractivity contribution < 1.29 is 9.18 Å². The third kappa shape index (κ3) is 5.21. The second-order valence-electron chi connectivity index (χ2n) is 5.46. The Morgan fingerprint density at radius 2 is 1.42 bits per heavy atom. The van der Waals surface area contributed by atoms with Gasteiger partial charge in [-0.15, -0.1) is 0 Å². The molecule has 0 fully saturated rings. The molecule has 1 amide bonds. The van der Waals surface area contributed by atoms with E-state index < -0.39 is 0 Å². The molecule has 4 nitrogen and oxygen atoms in total. The summed E-state index contributed by atoms with van der Waals surface area (Å²) in [4.78, 5) is 11.9. The molecule has 0 radical (unpaired) electrons. The van der Waals surface area contributed by atoms with Crippen LogP contribution in [-0.4, -0.2) is 5.91 Å². The Hall–Kier alpha value is -3.60. The van der Waals surface area contributed by atoms with Gasteiger partial charge in [0.05, 0.1) is 11.4 Å². The standard InChI is InChI=1S/C21H16FN3O/c22-17-9-6-16(7-10-17)8-15-21(26)23-18-11-13-20(14-12-18)25-24-19-4-2-1-3-5-19/h1-15H,(H,23,26). The number of halogens is 1. The minimum absolute atomic E-state index is 0.270. The van der Waals surface area contributed by atoms with Gasteiger partial charge in [0.1, 0.15) is 5.82 Å². The average molecular weight is 345 g/mol. The zero-order valence-corrected chi connectivity index (χ0v) is 13.8. The first-order valence-corrected chi connectivity index (χ1v) is 8.00. The summed E-state index contributed by atoms with van der Waals surface area (Å²) in [7, 11) is 0. The molecule has 0 aliphatic rings. The van der Waals surface area contributed by atoms with Crippen LogP contribution in [0.3, 0.4) is 0 Å². The number of hydrogen-bond acceptors (Lipinski definition) is 3. The number of nitrogens with one attached hydrogen (secondary N) is 1. The Kier molecular flexibility index (Phi) is 5.62. The minimum atomic E-state index is -0.309. The molecule has 0 bridgehead atoms. The van der Waals surface area contributed by atoms with Crippen LogP contribution in [-0.2, 0) is 4.79 Å². The molecule has 0 aliphatic heterocycles. The molecule has 3 rings (SSSR count). The number of benzene rings is 3. The van der Waals surface area contributed by atoms with Crippen LogP contribution < -0.4 is 5.32 Å². The first kappa shape index (κ1) is 17.2. The fourth-order valence-electron chi connectivity index (χ4n) is 2.15. The number of carbonyl (C=O) groups excluding carboxylic acids is 1. The van der Waals surface area contributed by atoms with E-state index in [0.29, 0.717) is 11.4 Å². The van der Waals surface area contributed by atoms with Gasteiger partial charge in [0, 0.05) is 11.8 Å². The molecule has 3 aromatic carbocycles. The van der Waals surface area contributed by atoms with Gasteiger partial charge in [-0.3, -0.25) is 4.79 Å². The van der Waals surface area contributed by atoms with E-state index in [-0.39, 0.29) is 11.7 Å². The van der Waals surface area contributed by atoms with E-state index in [9.17, 15) is 9.18 Å². The Balaban J connectivity index is 1.57. The normalized spacial score (nSPS) is 11.1. The van der Waals surface area contributed by atoms with Gasteiger partial charge in [-0.05, 0) is 60.2 Å². The van der Waals surface area contributed by atoms with Gasteiger partial charge in [0.2, 0.25) is 5.91 Å². The quantitative estimate of drug-likeness (QED) is 0.455. The van der Waals surface area contributed by atoms with Crippen LogP contribution in [0.25, 0.3) is 6.08 Å². The Labute approximate surface area is 150 Å². The molecule has 0 saturated heterocycles. The maximum atomic E-state index is 12.8. The molecule has 0 atom stereocenters. The topological polar surface area (TPSA) is 53.8 Å². The van der Waals surface area contributed by atoms with E-state index in [1.807, 2.05) is 30.3 Å². The van der Waals surface area contributed by atoms with Crippen molar-refractivity contribution in [2.24, 2.45) is 10.2 Å². The van der Waals surface area contributed by atoms with Crippen molar-refractivity contribution in [3.63, 3.8) is 0 Å². The van der Waals surface area contributed by atoms with Gasteiger partial charge in [-0.1, -0.05) is 30.3 Å². The molecule has 26 heavy (non-hydrogen) atoms. The molecule has 0 aliphatic carbocycles. The van der Waals surface area contributed by atoms with E-state index in [1.54, 1.807) is 42.5 Å². The molecular weight excluding hydrogens is 329 g/mol. The zero-order chi connectivity index (χ0) is 18.2. The highest BCUT2D eigenvalue weighted by Gasteiger charge is 1.99. The summed E-state index contributed by atoms with van der Waals surface area (Å²) in [6, 6.07) is 22.4. The van der Waals surface area contributed by atoms with E-state index in [2.05, 4.69) is 15.5 Å². The molecule has 0 unspecified atom stereocenters. The SMILES string of the molecule is O=C(C=Cc1ccc(F)cc1)Nc1ccc(N=Nc2ccccc2)cc1. The first-order chi connectivity index (χ1) is 12.7. The molecule has 0 aromatic heterocycles. The fraction of sp³-hybridized carbons (Fsp3) is 0. The van der Waals surface area contributed by atoms with Crippen molar-refractivity contribution in [3.8, 4) is 0 Å². The molecular formula is C21H16FN3O. The summed E-state index contributed by atoms with van der Waals surface area (Å²) >= 11 is 0. The summed E-state index contributed by atoms with van der Waals surface area (Å²) in [6.07, 6.45) is 3.02. The van der Waals surface area contributed by atoms with Crippen molar-refractivity contribution in [1.82, 2.24) is 0 Å². The summed E-state index contributed by atoms with van der Waals surface area (Å²) in [5.41, 5.74) is 2.86. The molecule has 0 spiro atoms. The largest absolute Gasteiger partial charge is 0.323 e. The van der Waals surface area contributed by atoms with Crippen LogP contribution in [0.2, 0.25) is 0 Å². The maximum absolute atomic E-state index is 12.8. The monoisotopic (exact) mass is 345 g/mol. The van der Waals surface area contributed by atoms with E-state index in [4.69, 9.17) is 0 Å². The molecule has 0 saturated carbocycles. The van der Waals surface area contributed by atoms with Gasteiger partial charge in [0.15, 0.2) is 0 Å². The van der Waals surface area contributed by atoms with Crippen LogP contribution in [0.5, 0.6) is 0 Å². The number of amides is 1. The average Bonchev–Trinajstić information content (AvgIpc) is 2.68. The highest BCUT2D eigenvalue weighted by molar-refractivity contribution is 6.01. The molecule has 3 aromatic rings. The van der Waals surface area contributed by atoms with Gasteiger partial charge in [-0.2, -0.15) is 10.2 Å². The van der Waals surface area contributed by atoms with E-state index in [0.717, 1.165) is 11.3 Å². The van der Waals surface area contributed by atoms with E-state index in [1.165, 1.54) is 18.2 Å². The molecule has 5 heteroatoms. The van der Waals surface area contributed by atoms with Gasteiger partial charge in [0.25, 0.3) is 0 Å². The van der Waals surface area contributed by atoms with Crippen LogP contribution in [0.15, 0.2) is 95.2 Å². The summed E-state index contributed by atoms with van der Waals surface area (Å²) in [6.45, 7) is 0. The summed E-state index contributed by atoms with van der Waals surface area (Å²) < 4.78 is 12.8. The van der Waals surface area contributed by atoms with Crippen molar-refractivity contribution in [2.75, 3.05) is 5.32 Å². The van der Waals surface area contributed by atoms with E-state index >= 15 is 0 Å². The predicted molar refractivity (Wildman–Crippen MR) is 101 cm³/mol. The lowest BCUT2D eigenvalue weighted by Gasteiger charge is -2.02. The number of nitrogens with zero attached hydrogens (tertiary/aromatic N) is 2. The number of azo groups is 1. The molecule has 128 valence electrons. The Morgan fingerprint density at radius 1 is 0.808 bits per heavy atom. The van der Waals surface area contributed by atoms with Crippen molar-refractivity contribution in [1.29, 1.82) is 0 Å². The Bertz CT molecular complexity index is 918. The summed E-state index contributed by atoms with van der Waals surface area (Å²) in [5, 5.41) is 11.0. The smallest absolute Gasteiger partial charge is 0.248 e. The molecule has 0 heterocycles. The van der Waals surface area contributed by atoms with Crippen LogP contribution in [0.1, 0.15) is 5.56 Å². The first-order valence-electron chi connectivity index (χ1n) is 8.00. The number of carbonyl (C=O) groups is 1. The third-order valence-electron chi connectivity index (χ3n) is 3.47.